The average molecular weight is 422 g/mol. The Kier molecular flexibility index (Phi) is 7.09. The zero-order chi connectivity index (χ0) is 21.4. The summed E-state index contributed by atoms with van der Waals surface area (Å²) in [5, 5.41) is 0.419. The van der Waals surface area contributed by atoms with Gasteiger partial charge in [0.25, 0.3) is 0 Å². The molecule has 28 heavy (non-hydrogen) atoms. The highest BCUT2D eigenvalue weighted by molar-refractivity contribution is 6.74. The standard InChI is InChI=1S/C23H43NO2Si2/c1-22(2,3)27(7,8)25-20-17-24(16-19-14-12-11-13-15-19)18-21(20)26-28(9,10)23(4,5)6/h11-15,20-21H,16-18H2,1-10H3/t20-,21+. The Morgan fingerprint density at radius 3 is 1.54 bits per heavy atom. The average Bonchev–Trinajstić information content (AvgIpc) is 2.86. The fourth-order valence-electron chi connectivity index (χ4n) is 3.13. The minimum Gasteiger partial charge on any atom is -0.410 e. The van der Waals surface area contributed by atoms with Crippen LogP contribution < -0.4 is 0 Å². The zero-order valence-electron chi connectivity index (χ0n) is 19.9. The van der Waals surface area contributed by atoms with Crippen molar-refractivity contribution in [2.24, 2.45) is 0 Å². The summed E-state index contributed by atoms with van der Waals surface area (Å²) in [6.07, 6.45) is 0.331. The predicted molar refractivity (Wildman–Crippen MR) is 126 cm³/mol. The van der Waals surface area contributed by atoms with Crippen LogP contribution in [0.4, 0.5) is 0 Å². The second-order valence-electron chi connectivity index (χ2n) is 11.5. The van der Waals surface area contributed by atoms with E-state index in [2.05, 4.69) is 103 Å². The Bertz CT molecular complexity index is 596. The molecule has 0 unspecified atom stereocenters. The molecule has 1 saturated heterocycles. The molecule has 1 aromatic rings. The molecule has 0 bridgehead atoms. The summed E-state index contributed by atoms with van der Waals surface area (Å²) in [4.78, 5) is 2.52. The highest BCUT2D eigenvalue weighted by Gasteiger charge is 2.47. The molecule has 1 fully saturated rings. The Morgan fingerprint density at radius 2 is 1.18 bits per heavy atom. The zero-order valence-corrected chi connectivity index (χ0v) is 21.9. The van der Waals surface area contributed by atoms with Gasteiger partial charge in [0, 0.05) is 19.6 Å². The maximum absolute atomic E-state index is 6.90. The maximum Gasteiger partial charge on any atom is 0.192 e. The first-order chi connectivity index (χ1) is 12.6. The highest BCUT2D eigenvalue weighted by Crippen LogP contribution is 2.41. The first-order valence-electron chi connectivity index (χ1n) is 10.7. The van der Waals surface area contributed by atoms with E-state index in [0.29, 0.717) is 0 Å². The second-order valence-corrected chi connectivity index (χ2v) is 21.0. The van der Waals surface area contributed by atoms with E-state index in [4.69, 9.17) is 8.85 Å². The molecule has 0 N–H and O–H groups in total. The van der Waals surface area contributed by atoms with Crippen LogP contribution in [0.2, 0.25) is 36.3 Å². The Morgan fingerprint density at radius 1 is 0.786 bits per heavy atom. The Labute approximate surface area is 176 Å². The quantitative estimate of drug-likeness (QED) is 0.504. The van der Waals surface area contributed by atoms with Crippen molar-refractivity contribution < 1.29 is 8.85 Å². The first-order valence-corrected chi connectivity index (χ1v) is 16.6. The molecule has 1 aliphatic rings. The van der Waals surface area contributed by atoms with Crippen LogP contribution in [0.3, 0.4) is 0 Å². The summed E-state index contributed by atoms with van der Waals surface area (Å²) in [5.41, 5.74) is 1.36. The summed E-state index contributed by atoms with van der Waals surface area (Å²) in [7, 11) is -3.69. The SMILES string of the molecule is CC(C)(C)[Si](C)(C)O[C@H]1CN(Cc2ccccc2)C[C@H]1O[Si](C)(C)C(C)(C)C. The van der Waals surface area contributed by atoms with Gasteiger partial charge >= 0.3 is 0 Å². The summed E-state index contributed by atoms with van der Waals surface area (Å²) in [6.45, 7) is 26.2. The van der Waals surface area contributed by atoms with E-state index < -0.39 is 16.6 Å². The van der Waals surface area contributed by atoms with Crippen LogP contribution in [0, 0.1) is 0 Å². The third-order valence-electron chi connectivity index (χ3n) is 7.04. The highest BCUT2D eigenvalue weighted by atomic mass is 28.4. The third-order valence-corrected chi connectivity index (χ3v) is 16.1. The molecule has 0 aliphatic carbocycles. The molecule has 1 aromatic carbocycles. The van der Waals surface area contributed by atoms with Crippen molar-refractivity contribution >= 4 is 16.6 Å². The van der Waals surface area contributed by atoms with E-state index in [9.17, 15) is 0 Å². The van der Waals surface area contributed by atoms with Crippen molar-refractivity contribution in [1.29, 1.82) is 0 Å². The lowest BCUT2D eigenvalue weighted by Gasteiger charge is -2.43. The molecule has 1 heterocycles. The van der Waals surface area contributed by atoms with Crippen molar-refractivity contribution in [1.82, 2.24) is 4.90 Å². The van der Waals surface area contributed by atoms with Gasteiger partial charge in [-0.2, -0.15) is 0 Å². The fourth-order valence-corrected chi connectivity index (χ4v) is 5.80. The van der Waals surface area contributed by atoms with Gasteiger partial charge in [0.05, 0.1) is 12.2 Å². The van der Waals surface area contributed by atoms with Gasteiger partial charge in [-0.25, -0.2) is 0 Å². The summed E-state index contributed by atoms with van der Waals surface area (Å²) in [5.74, 6) is 0. The second kappa shape index (κ2) is 8.34. The molecule has 0 spiro atoms. The van der Waals surface area contributed by atoms with Crippen molar-refractivity contribution in [3.8, 4) is 0 Å². The van der Waals surface area contributed by atoms with Crippen LogP contribution in [-0.4, -0.2) is 46.8 Å². The van der Waals surface area contributed by atoms with Crippen molar-refractivity contribution in [2.75, 3.05) is 13.1 Å². The molecule has 0 amide bonds. The topological polar surface area (TPSA) is 21.7 Å². The van der Waals surface area contributed by atoms with Crippen LogP contribution in [0.5, 0.6) is 0 Å². The number of hydrogen-bond donors (Lipinski definition) is 0. The van der Waals surface area contributed by atoms with Gasteiger partial charge in [-0.15, -0.1) is 0 Å². The summed E-state index contributed by atoms with van der Waals surface area (Å²) < 4.78 is 13.8. The molecule has 1 aliphatic heterocycles. The maximum atomic E-state index is 6.90. The summed E-state index contributed by atoms with van der Waals surface area (Å²) in [6, 6.07) is 10.8. The molecule has 3 nitrogen and oxygen atoms in total. The Hall–Kier alpha value is -0.466. The molecule has 2 rings (SSSR count). The van der Waals surface area contributed by atoms with E-state index in [0.717, 1.165) is 19.6 Å². The molecule has 0 saturated carbocycles. The number of benzene rings is 1. The van der Waals surface area contributed by atoms with Gasteiger partial charge in [0.1, 0.15) is 0 Å². The molecule has 0 radical (unpaired) electrons. The number of hydrogen-bond acceptors (Lipinski definition) is 3. The normalized spacial score (nSPS) is 22.6. The van der Waals surface area contributed by atoms with Crippen LogP contribution in [0.1, 0.15) is 47.1 Å². The van der Waals surface area contributed by atoms with Gasteiger partial charge in [0.2, 0.25) is 0 Å². The van der Waals surface area contributed by atoms with E-state index >= 15 is 0 Å². The lowest BCUT2D eigenvalue weighted by atomic mass is 10.2. The smallest absolute Gasteiger partial charge is 0.192 e. The van der Waals surface area contributed by atoms with Crippen LogP contribution in [0.25, 0.3) is 0 Å². The monoisotopic (exact) mass is 421 g/mol. The predicted octanol–water partition coefficient (Wildman–Crippen LogP) is 6.28. The minimum atomic E-state index is -1.85. The van der Waals surface area contributed by atoms with Crippen molar-refractivity contribution in [2.45, 2.75) is 96.6 Å². The number of rotatable bonds is 6. The number of likely N-dealkylation sites (tertiary alicyclic amines) is 1. The van der Waals surface area contributed by atoms with Crippen LogP contribution in [0.15, 0.2) is 30.3 Å². The van der Waals surface area contributed by atoms with E-state index in [1.54, 1.807) is 0 Å². The van der Waals surface area contributed by atoms with E-state index in [-0.39, 0.29) is 22.3 Å². The van der Waals surface area contributed by atoms with E-state index in [1.807, 2.05) is 0 Å². The van der Waals surface area contributed by atoms with Crippen molar-refractivity contribution in [3.63, 3.8) is 0 Å². The van der Waals surface area contributed by atoms with Crippen molar-refractivity contribution in [3.05, 3.63) is 35.9 Å². The van der Waals surface area contributed by atoms with Crippen LogP contribution >= 0.6 is 0 Å². The molecule has 160 valence electrons. The fraction of sp³-hybridized carbons (Fsp3) is 0.739. The largest absolute Gasteiger partial charge is 0.410 e. The van der Waals surface area contributed by atoms with Gasteiger partial charge in [0.15, 0.2) is 16.6 Å². The summed E-state index contributed by atoms with van der Waals surface area (Å²) >= 11 is 0. The van der Waals surface area contributed by atoms with Gasteiger partial charge in [-0.1, -0.05) is 71.9 Å². The van der Waals surface area contributed by atoms with Crippen LogP contribution in [-0.2, 0) is 15.4 Å². The third kappa shape index (κ3) is 5.79. The molecule has 0 aromatic heterocycles. The molecular formula is C23H43NO2Si2. The molecule has 5 heteroatoms. The van der Waals surface area contributed by atoms with E-state index in [1.165, 1.54) is 5.56 Å². The minimum absolute atomic E-state index is 0.165. The number of nitrogens with zero attached hydrogens (tertiary/aromatic N) is 1. The molecule has 2 atom stereocenters. The lowest BCUT2D eigenvalue weighted by Crippen LogP contribution is -2.51. The lowest BCUT2D eigenvalue weighted by molar-refractivity contribution is 0.0713. The molecular weight excluding hydrogens is 378 g/mol. The van der Waals surface area contributed by atoms with Gasteiger partial charge in [-0.3, -0.25) is 4.90 Å². The Balaban J connectivity index is 2.19. The van der Waals surface area contributed by atoms with Gasteiger partial charge in [-0.05, 0) is 41.8 Å². The van der Waals surface area contributed by atoms with Gasteiger partial charge < -0.3 is 8.85 Å². The first kappa shape index (κ1) is 23.8.